The largest absolute Gasteiger partial charge is 0.256 e. The van der Waals surface area contributed by atoms with Gasteiger partial charge in [0.25, 0.3) is 0 Å². The number of hydrogen-bond donors (Lipinski definition) is 0. The fourth-order valence-electron chi connectivity index (χ4n) is 4.90. The molecule has 37 heavy (non-hydrogen) atoms. The van der Waals surface area contributed by atoms with Crippen molar-refractivity contribution in [2.75, 3.05) is 0 Å². The maximum absolute atomic E-state index is 4.88. The minimum Gasteiger partial charge on any atom is -0.256 e. The van der Waals surface area contributed by atoms with Gasteiger partial charge in [0, 0.05) is 11.8 Å². The van der Waals surface area contributed by atoms with Crippen LogP contribution in [0.4, 0.5) is 0 Å². The lowest BCUT2D eigenvalue weighted by Crippen LogP contribution is -2.44. The van der Waals surface area contributed by atoms with Crippen LogP contribution in [0.15, 0.2) is 121 Å². The normalized spacial score (nSPS) is 11.7. The minimum atomic E-state index is 0.0298. The van der Waals surface area contributed by atoms with Crippen molar-refractivity contribution < 1.29 is 0 Å². The highest BCUT2D eigenvalue weighted by atomic mass is 14.7. The molecule has 0 spiro atoms. The van der Waals surface area contributed by atoms with Crippen molar-refractivity contribution in [1.82, 2.24) is 4.98 Å². The molecule has 0 N–H and O–H groups in total. The maximum atomic E-state index is 4.88. The molecule has 2 heteroatoms. The Kier molecular flexibility index (Phi) is 7.19. The molecule has 1 aromatic heterocycles. The van der Waals surface area contributed by atoms with Crippen molar-refractivity contribution in [3.8, 4) is 0 Å². The molecule has 0 unspecified atom stereocenters. The van der Waals surface area contributed by atoms with Gasteiger partial charge in [-0.1, -0.05) is 142 Å². The second-order valence-corrected chi connectivity index (χ2v) is 9.99. The highest BCUT2D eigenvalue weighted by Gasteiger charge is 2.29. The van der Waals surface area contributed by atoms with Crippen molar-refractivity contribution in [1.29, 1.82) is 0 Å². The third-order valence-corrected chi connectivity index (χ3v) is 7.00. The Bertz CT molecular complexity index is 1450. The Morgan fingerprint density at radius 1 is 0.486 bits per heavy atom. The summed E-state index contributed by atoms with van der Waals surface area (Å²) in [7, 11) is 0. The van der Waals surface area contributed by atoms with E-state index in [0.717, 1.165) is 11.3 Å². The van der Waals surface area contributed by atoms with Gasteiger partial charge in [0.15, 0.2) is 0 Å². The van der Waals surface area contributed by atoms with Crippen LogP contribution in [0.1, 0.15) is 39.1 Å². The van der Waals surface area contributed by atoms with Gasteiger partial charge in [-0.25, -0.2) is 0 Å². The van der Waals surface area contributed by atoms with E-state index in [2.05, 4.69) is 137 Å². The second-order valence-electron chi connectivity index (χ2n) is 9.99. The summed E-state index contributed by atoms with van der Waals surface area (Å²) in [5.41, 5.74) is 13.3. The number of benzene rings is 4. The van der Waals surface area contributed by atoms with Gasteiger partial charge in [-0.05, 0) is 51.0 Å². The number of aromatic nitrogens is 1. The quantitative estimate of drug-likeness (QED) is 0.187. The van der Waals surface area contributed by atoms with E-state index in [0.29, 0.717) is 0 Å². The summed E-state index contributed by atoms with van der Waals surface area (Å²) in [5.74, 6) is 0. The van der Waals surface area contributed by atoms with Gasteiger partial charge in [-0.15, -0.1) is 0 Å². The first-order chi connectivity index (χ1) is 18.0. The first-order valence-electron chi connectivity index (χ1n) is 12.9. The Morgan fingerprint density at radius 2 is 0.919 bits per heavy atom. The summed E-state index contributed by atoms with van der Waals surface area (Å²) in [6.45, 7) is 8.60. The summed E-state index contributed by atoms with van der Waals surface area (Å²) in [5, 5.41) is 0. The summed E-state index contributed by atoms with van der Waals surface area (Å²) in [6.07, 6.45) is 1.89. The Balaban J connectivity index is 1.91. The van der Waals surface area contributed by atoms with E-state index >= 15 is 0 Å². The SMILES string of the molecule is Cc1ccc(B(/C(=C(/c2ccc(C)cc2)c2ccccn2)c2ccc(C)cc2)c2ccc(C)cc2)cc1. The average Bonchev–Trinajstić information content (AvgIpc) is 2.92. The van der Waals surface area contributed by atoms with Crippen LogP contribution >= 0.6 is 0 Å². The first kappa shape index (κ1) is 24.5. The van der Waals surface area contributed by atoms with Crippen LogP contribution in [0.2, 0.25) is 0 Å². The topological polar surface area (TPSA) is 12.9 Å². The highest BCUT2D eigenvalue weighted by Crippen LogP contribution is 2.33. The first-order valence-corrected chi connectivity index (χ1v) is 12.9. The molecule has 0 saturated carbocycles. The minimum absolute atomic E-state index is 0.0298. The van der Waals surface area contributed by atoms with E-state index in [1.165, 1.54) is 49.8 Å². The Hall–Kier alpha value is -4.17. The molecule has 1 heterocycles. The molecule has 0 atom stereocenters. The number of hydrogen-bond acceptors (Lipinski definition) is 1. The van der Waals surface area contributed by atoms with Gasteiger partial charge < -0.3 is 0 Å². The van der Waals surface area contributed by atoms with E-state index in [-0.39, 0.29) is 6.71 Å². The number of nitrogens with zero attached hydrogens (tertiary/aromatic N) is 1. The zero-order valence-corrected chi connectivity index (χ0v) is 22.1. The van der Waals surface area contributed by atoms with Crippen LogP contribution in [0.5, 0.6) is 0 Å². The monoisotopic (exact) mass is 477 g/mol. The van der Waals surface area contributed by atoms with E-state index in [4.69, 9.17) is 4.98 Å². The average molecular weight is 477 g/mol. The predicted molar refractivity (Wildman–Crippen MR) is 160 cm³/mol. The van der Waals surface area contributed by atoms with Crippen molar-refractivity contribution in [3.63, 3.8) is 0 Å². The van der Waals surface area contributed by atoms with Gasteiger partial charge in [-0.3, -0.25) is 4.98 Å². The number of pyridine rings is 1. The standard InChI is InChI=1S/C35H32BN/c1-25-8-16-29(17-9-25)34(33-7-5-6-24-37-33)35(30-18-10-26(2)11-19-30)36(31-20-12-27(3)13-21-31)32-22-14-28(4)15-23-32/h5-24H,1-4H3/b35-34-. The smallest absolute Gasteiger partial charge is 0.242 e. The summed E-state index contributed by atoms with van der Waals surface area (Å²) in [6, 6.07) is 42.0. The molecule has 180 valence electrons. The third-order valence-electron chi connectivity index (χ3n) is 7.00. The summed E-state index contributed by atoms with van der Waals surface area (Å²) < 4.78 is 0. The predicted octanol–water partition coefficient (Wildman–Crippen LogP) is 7.12. The van der Waals surface area contributed by atoms with Crippen LogP contribution in [-0.4, -0.2) is 11.7 Å². The van der Waals surface area contributed by atoms with E-state index in [1.54, 1.807) is 0 Å². The zero-order chi connectivity index (χ0) is 25.8. The molecule has 0 aliphatic carbocycles. The van der Waals surface area contributed by atoms with Crippen molar-refractivity contribution >= 4 is 28.7 Å². The van der Waals surface area contributed by atoms with Gasteiger partial charge in [0.05, 0.1) is 5.69 Å². The second kappa shape index (κ2) is 10.8. The number of aryl methyl sites for hydroxylation is 4. The summed E-state index contributed by atoms with van der Waals surface area (Å²) >= 11 is 0. The Labute approximate surface area is 221 Å². The van der Waals surface area contributed by atoms with Gasteiger partial charge in [0.1, 0.15) is 0 Å². The molecule has 0 saturated heterocycles. The summed E-state index contributed by atoms with van der Waals surface area (Å²) in [4.78, 5) is 4.88. The molecule has 5 rings (SSSR count). The molecule has 5 aromatic rings. The highest BCUT2D eigenvalue weighted by molar-refractivity contribution is 7.00. The van der Waals surface area contributed by atoms with E-state index in [9.17, 15) is 0 Å². The molecule has 0 aliphatic rings. The van der Waals surface area contributed by atoms with Gasteiger partial charge >= 0.3 is 0 Å². The third kappa shape index (κ3) is 5.49. The lowest BCUT2D eigenvalue weighted by atomic mass is 9.34. The lowest BCUT2D eigenvalue weighted by Gasteiger charge is -2.24. The van der Waals surface area contributed by atoms with Crippen molar-refractivity contribution in [2.24, 2.45) is 0 Å². The van der Waals surface area contributed by atoms with Gasteiger partial charge in [-0.2, -0.15) is 0 Å². The van der Waals surface area contributed by atoms with Crippen molar-refractivity contribution in [2.45, 2.75) is 27.7 Å². The molecular formula is C35H32BN. The van der Waals surface area contributed by atoms with Crippen LogP contribution < -0.4 is 10.9 Å². The molecule has 0 aliphatic heterocycles. The zero-order valence-electron chi connectivity index (χ0n) is 22.1. The Morgan fingerprint density at radius 3 is 1.35 bits per heavy atom. The molecular weight excluding hydrogens is 445 g/mol. The molecule has 0 fully saturated rings. The fourth-order valence-corrected chi connectivity index (χ4v) is 4.90. The lowest BCUT2D eigenvalue weighted by molar-refractivity contribution is 1.27. The number of rotatable bonds is 6. The molecule has 0 amide bonds. The van der Waals surface area contributed by atoms with E-state index in [1.807, 2.05) is 12.3 Å². The molecule has 4 aromatic carbocycles. The fraction of sp³-hybridized carbons (Fsp3) is 0.114. The van der Waals surface area contributed by atoms with Crippen molar-refractivity contribution in [3.05, 3.63) is 161 Å². The van der Waals surface area contributed by atoms with Crippen LogP contribution in [0, 0.1) is 27.7 Å². The van der Waals surface area contributed by atoms with E-state index < -0.39 is 0 Å². The van der Waals surface area contributed by atoms with Crippen LogP contribution in [-0.2, 0) is 0 Å². The van der Waals surface area contributed by atoms with Crippen LogP contribution in [0.25, 0.3) is 11.0 Å². The van der Waals surface area contributed by atoms with Crippen LogP contribution in [0.3, 0.4) is 0 Å². The molecule has 0 bridgehead atoms. The van der Waals surface area contributed by atoms with Gasteiger partial charge in [0.2, 0.25) is 6.71 Å². The maximum Gasteiger partial charge on any atom is 0.242 e. The molecule has 1 nitrogen and oxygen atoms in total. The molecule has 0 radical (unpaired) electrons.